The van der Waals surface area contributed by atoms with E-state index in [2.05, 4.69) is 39.6 Å². The van der Waals surface area contributed by atoms with Crippen LogP contribution < -0.4 is 10.2 Å². The van der Waals surface area contributed by atoms with Gasteiger partial charge in [-0.15, -0.1) is 0 Å². The highest BCUT2D eigenvalue weighted by Gasteiger charge is 2.64. The van der Waals surface area contributed by atoms with Crippen LogP contribution in [-0.4, -0.2) is 94.6 Å². The summed E-state index contributed by atoms with van der Waals surface area (Å²) in [6.07, 6.45) is 12.8. The summed E-state index contributed by atoms with van der Waals surface area (Å²) in [4.78, 5) is 55.7. The van der Waals surface area contributed by atoms with Crippen molar-refractivity contribution in [3.8, 4) is 0 Å². The summed E-state index contributed by atoms with van der Waals surface area (Å²) in [6, 6.07) is 3.62. The first-order chi connectivity index (χ1) is 26.8. The molecular formula is C45H68N4O7. The van der Waals surface area contributed by atoms with Crippen LogP contribution >= 0.6 is 0 Å². The lowest BCUT2D eigenvalue weighted by Crippen LogP contribution is -2.62. The zero-order valence-corrected chi connectivity index (χ0v) is 34.4. The Balaban J connectivity index is 0.839. The quantitative estimate of drug-likeness (QED) is 0.244. The number of carbonyl (C=O) groups excluding carboxylic acids is 4. The molecule has 2 saturated heterocycles. The van der Waals surface area contributed by atoms with Crippen LogP contribution in [0.4, 0.5) is 5.88 Å². The number of piperidine rings is 1. The monoisotopic (exact) mass is 777 g/mol. The smallest absolute Gasteiger partial charge is 0.248 e. The zero-order chi connectivity index (χ0) is 39.9. The van der Waals surface area contributed by atoms with Crippen molar-refractivity contribution in [2.45, 2.75) is 136 Å². The number of aliphatic hydroxyl groups excluding tert-OH is 2. The molecule has 0 aromatic carbocycles. The molecule has 4 saturated carbocycles. The molecule has 310 valence electrons. The van der Waals surface area contributed by atoms with E-state index in [9.17, 15) is 29.4 Å². The molecular weight excluding hydrogens is 709 g/mol. The zero-order valence-electron chi connectivity index (χ0n) is 34.4. The molecule has 11 heteroatoms. The fraction of sp³-hybridized carbons (Fsp3) is 0.778. The largest absolute Gasteiger partial charge is 0.445 e. The SMILES string of the molecule is C=CC(=O)N1CCN(c2ccc(CCC(=O)N3CCC(NC(=O)CC[C@@H](C)[C@H]4CC[C@H]5[C@@H]6[C@H](O)C(CC)C7C[C@H](O)CC[C@]7(C)[C@H]6CC[C@]45C)CC3)o2)C(=O)C1. The third kappa shape index (κ3) is 7.72. The maximum absolute atomic E-state index is 13.3. The van der Waals surface area contributed by atoms with Gasteiger partial charge in [0.25, 0.3) is 0 Å². The number of rotatable bonds is 11. The van der Waals surface area contributed by atoms with Crippen molar-refractivity contribution in [1.82, 2.24) is 15.1 Å². The number of aryl methyl sites for hydroxylation is 1. The number of hydrogen-bond acceptors (Lipinski definition) is 7. The van der Waals surface area contributed by atoms with Crippen LogP contribution in [0.1, 0.15) is 117 Å². The highest BCUT2D eigenvalue weighted by atomic mass is 16.4. The Morgan fingerprint density at radius 1 is 0.946 bits per heavy atom. The number of likely N-dealkylation sites (tertiary alicyclic amines) is 1. The molecule has 2 unspecified atom stereocenters. The van der Waals surface area contributed by atoms with Gasteiger partial charge in [0.2, 0.25) is 29.5 Å². The van der Waals surface area contributed by atoms with E-state index >= 15 is 0 Å². The molecule has 7 rings (SSSR count). The van der Waals surface area contributed by atoms with Crippen molar-refractivity contribution in [2.24, 2.45) is 52.3 Å². The van der Waals surface area contributed by atoms with Crippen molar-refractivity contribution in [1.29, 1.82) is 0 Å². The van der Waals surface area contributed by atoms with E-state index in [0.29, 0.717) is 92.6 Å². The Morgan fingerprint density at radius 3 is 2.39 bits per heavy atom. The van der Waals surface area contributed by atoms with Gasteiger partial charge in [-0.05, 0) is 129 Å². The van der Waals surface area contributed by atoms with Crippen molar-refractivity contribution in [3.63, 3.8) is 0 Å². The summed E-state index contributed by atoms with van der Waals surface area (Å²) in [6.45, 7) is 15.0. The molecule has 6 fully saturated rings. The molecule has 0 bridgehead atoms. The number of nitrogens with zero attached hydrogens (tertiary/aromatic N) is 3. The Morgan fingerprint density at radius 2 is 1.68 bits per heavy atom. The van der Waals surface area contributed by atoms with Gasteiger partial charge in [-0.3, -0.25) is 24.1 Å². The highest BCUT2D eigenvalue weighted by molar-refractivity contribution is 5.98. The summed E-state index contributed by atoms with van der Waals surface area (Å²) in [5.41, 5.74) is 0.396. The van der Waals surface area contributed by atoms with Crippen LogP contribution in [-0.2, 0) is 25.6 Å². The standard InChI is InChI=1S/C45H68N4O7/c1-6-32-36-26-30(50)16-20-45(36,5)35-17-21-44(4)33(11-12-34(44)42(35)43(32)55)28(3)8-13-37(51)46-29-18-22-47(23-19-29)39(53)14-9-31-10-15-41(56-31)49-25-24-48(27-40(49)54)38(52)7-2/h7,10,15,28-30,32-36,42-43,50,55H,2,6,8-9,11-14,16-27H2,1,3-5H3,(H,46,51)/t28-,30-,32?,33-,34+,35+,36?,42+,43-,44-,45-/m1/s1. The van der Waals surface area contributed by atoms with E-state index < -0.39 is 0 Å². The Kier molecular flexibility index (Phi) is 12.1. The Labute approximate surface area is 334 Å². The lowest BCUT2D eigenvalue weighted by Gasteiger charge is -2.64. The van der Waals surface area contributed by atoms with Gasteiger partial charge in [0.15, 0.2) is 0 Å². The van der Waals surface area contributed by atoms with Crippen molar-refractivity contribution < 1.29 is 33.8 Å². The second-order valence-electron chi connectivity index (χ2n) is 19.1. The number of piperazine rings is 1. The number of furan rings is 1. The predicted molar refractivity (Wildman–Crippen MR) is 214 cm³/mol. The number of fused-ring (bicyclic) bond motifs is 5. The number of aliphatic hydroxyl groups is 2. The molecule has 11 nitrogen and oxygen atoms in total. The third-order valence-corrected chi connectivity index (χ3v) is 16.4. The van der Waals surface area contributed by atoms with E-state index in [0.717, 1.165) is 44.9 Å². The van der Waals surface area contributed by atoms with Gasteiger partial charge in [-0.1, -0.05) is 40.7 Å². The van der Waals surface area contributed by atoms with Gasteiger partial charge in [0.1, 0.15) is 12.3 Å². The highest BCUT2D eigenvalue weighted by Crippen LogP contribution is 2.69. The molecule has 4 aliphatic carbocycles. The third-order valence-electron chi connectivity index (χ3n) is 16.4. The summed E-state index contributed by atoms with van der Waals surface area (Å²) in [7, 11) is 0. The van der Waals surface area contributed by atoms with Crippen LogP contribution in [0.25, 0.3) is 0 Å². The van der Waals surface area contributed by atoms with Crippen LogP contribution in [0, 0.1) is 52.3 Å². The summed E-state index contributed by atoms with van der Waals surface area (Å²) in [5.74, 6) is 3.83. The summed E-state index contributed by atoms with van der Waals surface area (Å²) < 4.78 is 5.92. The van der Waals surface area contributed by atoms with Crippen LogP contribution in [0.2, 0.25) is 0 Å². The van der Waals surface area contributed by atoms with Crippen LogP contribution in [0.3, 0.4) is 0 Å². The second kappa shape index (κ2) is 16.6. The van der Waals surface area contributed by atoms with Crippen molar-refractivity contribution in [3.05, 3.63) is 30.5 Å². The first-order valence-corrected chi connectivity index (χ1v) is 22.0. The maximum Gasteiger partial charge on any atom is 0.248 e. The van der Waals surface area contributed by atoms with Crippen molar-refractivity contribution in [2.75, 3.05) is 37.6 Å². The van der Waals surface area contributed by atoms with Gasteiger partial charge < -0.3 is 29.7 Å². The van der Waals surface area contributed by atoms with Crippen LogP contribution in [0.15, 0.2) is 29.2 Å². The average molecular weight is 777 g/mol. The minimum Gasteiger partial charge on any atom is -0.445 e. The van der Waals surface area contributed by atoms with E-state index in [1.165, 1.54) is 41.6 Å². The molecule has 11 atom stereocenters. The number of hydrogen-bond donors (Lipinski definition) is 3. The van der Waals surface area contributed by atoms with Gasteiger partial charge in [-0.25, -0.2) is 0 Å². The lowest BCUT2D eigenvalue weighted by atomic mass is 9.41. The van der Waals surface area contributed by atoms with E-state index in [-0.39, 0.29) is 65.2 Å². The Bertz CT molecular complexity index is 1620. The molecule has 1 aromatic heterocycles. The molecule has 56 heavy (non-hydrogen) atoms. The normalized spacial score (nSPS) is 36.7. The Hall–Kier alpha value is -3.18. The van der Waals surface area contributed by atoms with Gasteiger partial charge >= 0.3 is 0 Å². The first kappa shape index (κ1) is 41.0. The maximum atomic E-state index is 13.3. The predicted octanol–water partition coefficient (Wildman–Crippen LogP) is 5.72. The van der Waals surface area contributed by atoms with Crippen LogP contribution in [0.5, 0.6) is 0 Å². The van der Waals surface area contributed by atoms with Crippen molar-refractivity contribution >= 4 is 29.5 Å². The van der Waals surface area contributed by atoms with E-state index in [4.69, 9.17) is 4.42 Å². The number of amides is 4. The molecule has 1 aromatic rings. The molecule has 6 aliphatic rings. The molecule has 3 N–H and O–H groups in total. The minimum atomic E-state index is -0.285. The molecule has 3 heterocycles. The minimum absolute atomic E-state index is 0.0176. The molecule has 4 amide bonds. The average Bonchev–Trinajstić information content (AvgIpc) is 3.81. The number of nitrogens with one attached hydrogen (secondary N) is 1. The topological polar surface area (TPSA) is 144 Å². The first-order valence-electron chi connectivity index (χ1n) is 22.0. The summed E-state index contributed by atoms with van der Waals surface area (Å²) >= 11 is 0. The van der Waals surface area contributed by atoms with Gasteiger partial charge in [0.05, 0.1) is 12.2 Å². The fourth-order valence-corrected chi connectivity index (χ4v) is 13.3. The molecule has 2 aliphatic heterocycles. The van der Waals surface area contributed by atoms with Gasteiger partial charge in [-0.2, -0.15) is 0 Å². The fourth-order valence-electron chi connectivity index (χ4n) is 13.3. The van der Waals surface area contributed by atoms with Gasteiger partial charge in [0, 0.05) is 57.5 Å². The molecule has 0 radical (unpaired) electrons. The number of anilines is 1. The summed E-state index contributed by atoms with van der Waals surface area (Å²) in [5, 5.41) is 25.9. The molecule has 0 spiro atoms. The van der Waals surface area contributed by atoms with E-state index in [1.54, 1.807) is 12.1 Å². The second-order valence-corrected chi connectivity index (χ2v) is 19.1. The lowest BCUT2D eigenvalue weighted by molar-refractivity contribution is -0.203. The number of carbonyl (C=O) groups is 4. The van der Waals surface area contributed by atoms with E-state index in [1.807, 2.05) is 4.90 Å².